The van der Waals surface area contributed by atoms with E-state index in [-0.39, 0.29) is 6.04 Å². The second kappa shape index (κ2) is 6.68. The molecule has 6 heteroatoms. The van der Waals surface area contributed by atoms with Crippen LogP contribution < -0.4 is 5.32 Å². The summed E-state index contributed by atoms with van der Waals surface area (Å²) in [5, 5.41) is 3.23. The molecule has 1 atom stereocenters. The highest BCUT2D eigenvalue weighted by Crippen LogP contribution is 2.16. The molecule has 0 bridgehead atoms. The number of nitrogens with one attached hydrogen (secondary N) is 1. The first-order valence-corrected chi connectivity index (χ1v) is 7.87. The Labute approximate surface area is 105 Å². The van der Waals surface area contributed by atoms with E-state index in [1.165, 1.54) is 4.31 Å². The van der Waals surface area contributed by atoms with Gasteiger partial charge in [0.15, 0.2) is 0 Å². The normalized spacial score (nSPS) is 21.6. The van der Waals surface area contributed by atoms with E-state index in [1.54, 1.807) is 11.4 Å². The highest BCUT2D eigenvalue weighted by molar-refractivity contribution is 7.86. The van der Waals surface area contributed by atoms with E-state index in [9.17, 15) is 8.42 Å². The monoisotopic (exact) mass is 263 g/mol. The predicted octanol–water partition coefficient (Wildman–Crippen LogP) is 0.647. The van der Waals surface area contributed by atoms with Gasteiger partial charge in [0.05, 0.1) is 0 Å². The quantitative estimate of drug-likeness (QED) is 0.733. The van der Waals surface area contributed by atoms with Crippen molar-refractivity contribution < 1.29 is 8.42 Å². The summed E-state index contributed by atoms with van der Waals surface area (Å²) in [4.78, 5) is 0. The van der Waals surface area contributed by atoms with Crippen LogP contribution in [0.4, 0.5) is 0 Å². The first-order chi connectivity index (χ1) is 8.04. The molecule has 0 aromatic heterocycles. The lowest BCUT2D eigenvalue weighted by atomic mass is 10.2. The van der Waals surface area contributed by atoms with E-state index in [0.29, 0.717) is 13.1 Å². The van der Waals surface area contributed by atoms with Crippen molar-refractivity contribution in [2.45, 2.75) is 39.2 Å². The summed E-state index contributed by atoms with van der Waals surface area (Å²) in [5.74, 6) is 0. The lowest BCUT2D eigenvalue weighted by Crippen LogP contribution is -2.48. The average Bonchev–Trinajstić information content (AvgIpc) is 2.79. The molecule has 0 radical (unpaired) electrons. The van der Waals surface area contributed by atoms with Crippen LogP contribution in [0.15, 0.2) is 0 Å². The molecule has 1 unspecified atom stereocenters. The molecule has 0 saturated carbocycles. The van der Waals surface area contributed by atoms with Crippen molar-refractivity contribution >= 4 is 10.2 Å². The molecule has 1 N–H and O–H groups in total. The summed E-state index contributed by atoms with van der Waals surface area (Å²) < 4.78 is 28.0. The van der Waals surface area contributed by atoms with Gasteiger partial charge in [0, 0.05) is 32.7 Å². The van der Waals surface area contributed by atoms with Gasteiger partial charge in [0.25, 0.3) is 10.2 Å². The van der Waals surface area contributed by atoms with E-state index in [0.717, 1.165) is 32.4 Å². The van der Waals surface area contributed by atoms with E-state index in [4.69, 9.17) is 0 Å². The summed E-state index contributed by atoms with van der Waals surface area (Å²) in [6.45, 7) is 6.90. The van der Waals surface area contributed by atoms with Gasteiger partial charge in [0.1, 0.15) is 0 Å². The fourth-order valence-corrected chi connectivity index (χ4v) is 3.94. The van der Waals surface area contributed by atoms with Gasteiger partial charge in [-0.3, -0.25) is 0 Å². The first-order valence-electron chi connectivity index (χ1n) is 6.47. The molecule has 1 saturated heterocycles. The lowest BCUT2D eigenvalue weighted by Gasteiger charge is -2.31. The summed E-state index contributed by atoms with van der Waals surface area (Å²) in [7, 11) is -1.61. The van der Waals surface area contributed by atoms with E-state index < -0.39 is 10.2 Å². The molecule has 1 rings (SSSR count). The van der Waals surface area contributed by atoms with Gasteiger partial charge in [-0.15, -0.1) is 0 Å². The van der Waals surface area contributed by atoms with Crippen LogP contribution in [0.3, 0.4) is 0 Å². The minimum absolute atomic E-state index is 0.124. The molecule has 1 aliphatic heterocycles. The molecule has 0 aromatic carbocycles. The van der Waals surface area contributed by atoms with Crippen LogP contribution in [0, 0.1) is 0 Å². The van der Waals surface area contributed by atoms with E-state index in [2.05, 4.69) is 5.32 Å². The maximum atomic E-state index is 12.4. The van der Waals surface area contributed by atoms with Crippen LogP contribution in [0.25, 0.3) is 0 Å². The summed E-state index contributed by atoms with van der Waals surface area (Å²) >= 11 is 0. The third-order valence-electron chi connectivity index (χ3n) is 3.11. The third kappa shape index (κ3) is 3.64. The fourth-order valence-electron chi connectivity index (χ4n) is 2.20. The number of nitrogens with zero attached hydrogens (tertiary/aromatic N) is 2. The molecule has 17 heavy (non-hydrogen) atoms. The molecular weight excluding hydrogens is 238 g/mol. The van der Waals surface area contributed by atoms with Crippen molar-refractivity contribution in [3.05, 3.63) is 0 Å². The topological polar surface area (TPSA) is 52.7 Å². The number of hydrogen-bond donors (Lipinski definition) is 1. The average molecular weight is 263 g/mol. The highest BCUT2D eigenvalue weighted by atomic mass is 32.2. The molecule has 1 aliphatic rings. The third-order valence-corrected chi connectivity index (χ3v) is 5.16. The SMILES string of the molecule is CCCN(C)S(=O)(=O)N(CCC)C1CCNC1. The zero-order chi connectivity index (χ0) is 12.9. The molecule has 0 aliphatic carbocycles. The standard InChI is InChI=1S/C11H25N3O2S/c1-4-8-13(3)17(15,16)14(9-5-2)11-6-7-12-10-11/h11-12H,4-10H2,1-3H3. The first kappa shape index (κ1) is 14.9. The van der Waals surface area contributed by atoms with E-state index >= 15 is 0 Å². The van der Waals surface area contributed by atoms with Crippen LogP contribution in [0.5, 0.6) is 0 Å². The van der Waals surface area contributed by atoms with Gasteiger partial charge < -0.3 is 5.32 Å². The molecule has 0 aromatic rings. The van der Waals surface area contributed by atoms with Crippen LogP contribution in [0.1, 0.15) is 33.1 Å². The second-order valence-corrected chi connectivity index (χ2v) is 6.57. The molecule has 0 spiro atoms. The van der Waals surface area contributed by atoms with Crippen molar-refractivity contribution in [3.8, 4) is 0 Å². The van der Waals surface area contributed by atoms with Gasteiger partial charge in [-0.25, -0.2) is 0 Å². The Bertz CT molecular complexity index is 313. The second-order valence-electron chi connectivity index (χ2n) is 4.59. The summed E-state index contributed by atoms with van der Waals surface area (Å²) in [6.07, 6.45) is 2.62. The van der Waals surface area contributed by atoms with Crippen molar-refractivity contribution in [1.82, 2.24) is 13.9 Å². The smallest absolute Gasteiger partial charge is 0.282 e. The van der Waals surface area contributed by atoms with Crippen molar-refractivity contribution in [1.29, 1.82) is 0 Å². The van der Waals surface area contributed by atoms with Crippen LogP contribution in [-0.2, 0) is 10.2 Å². The zero-order valence-electron chi connectivity index (χ0n) is 11.1. The molecule has 102 valence electrons. The molecule has 5 nitrogen and oxygen atoms in total. The molecule has 1 fully saturated rings. The lowest BCUT2D eigenvalue weighted by molar-refractivity contribution is 0.304. The molecular formula is C11H25N3O2S. The van der Waals surface area contributed by atoms with Crippen molar-refractivity contribution in [3.63, 3.8) is 0 Å². The zero-order valence-corrected chi connectivity index (χ0v) is 12.0. The Hall–Kier alpha value is -0.170. The van der Waals surface area contributed by atoms with Crippen molar-refractivity contribution in [2.75, 3.05) is 33.2 Å². The fraction of sp³-hybridized carbons (Fsp3) is 1.00. The number of hydrogen-bond acceptors (Lipinski definition) is 3. The van der Waals surface area contributed by atoms with Gasteiger partial charge in [-0.2, -0.15) is 17.0 Å². The maximum absolute atomic E-state index is 12.4. The highest BCUT2D eigenvalue weighted by Gasteiger charge is 2.33. The summed E-state index contributed by atoms with van der Waals surface area (Å²) in [6, 6.07) is 0.124. The van der Waals surface area contributed by atoms with Gasteiger partial charge in [-0.1, -0.05) is 13.8 Å². The number of rotatable bonds is 7. The molecule has 0 amide bonds. The largest absolute Gasteiger partial charge is 0.315 e. The Morgan fingerprint density at radius 2 is 1.88 bits per heavy atom. The van der Waals surface area contributed by atoms with Crippen molar-refractivity contribution in [2.24, 2.45) is 0 Å². The van der Waals surface area contributed by atoms with Crippen LogP contribution in [0.2, 0.25) is 0 Å². The Morgan fingerprint density at radius 3 is 2.35 bits per heavy atom. The van der Waals surface area contributed by atoms with Gasteiger partial charge in [-0.05, 0) is 25.8 Å². The Morgan fingerprint density at radius 1 is 1.24 bits per heavy atom. The Balaban J connectivity index is 2.80. The minimum Gasteiger partial charge on any atom is -0.315 e. The minimum atomic E-state index is -3.28. The predicted molar refractivity (Wildman–Crippen MR) is 70.1 cm³/mol. The van der Waals surface area contributed by atoms with E-state index in [1.807, 2.05) is 13.8 Å². The van der Waals surface area contributed by atoms with Crippen LogP contribution in [-0.4, -0.2) is 56.3 Å². The summed E-state index contributed by atoms with van der Waals surface area (Å²) in [5.41, 5.74) is 0. The maximum Gasteiger partial charge on any atom is 0.282 e. The van der Waals surface area contributed by atoms with Crippen LogP contribution >= 0.6 is 0 Å². The van der Waals surface area contributed by atoms with Gasteiger partial charge >= 0.3 is 0 Å². The Kier molecular flexibility index (Phi) is 5.85. The van der Waals surface area contributed by atoms with Gasteiger partial charge in [0.2, 0.25) is 0 Å². The molecule has 1 heterocycles.